The van der Waals surface area contributed by atoms with E-state index in [1.807, 2.05) is 47.4 Å². The quantitative estimate of drug-likeness (QED) is 0.573. The third-order valence-electron chi connectivity index (χ3n) is 5.45. The lowest BCUT2D eigenvalue weighted by Crippen LogP contribution is -2.32. The molecular weight excluding hydrogens is 398 g/mol. The molecule has 1 aliphatic heterocycles. The molecule has 1 fully saturated rings. The maximum atomic E-state index is 13.1. The smallest absolute Gasteiger partial charge is 0.249 e. The Morgan fingerprint density at radius 2 is 1.84 bits per heavy atom. The molecule has 1 aromatic heterocycles. The lowest BCUT2D eigenvalue weighted by atomic mass is 10.1. The lowest BCUT2D eigenvalue weighted by Gasteiger charge is -2.22. The number of methoxy groups -OCH3 is 3. The van der Waals surface area contributed by atoms with E-state index in [0.29, 0.717) is 29.8 Å². The summed E-state index contributed by atoms with van der Waals surface area (Å²) in [6, 6.07) is 12.7. The van der Waals surface area contributed by atoms with E-state index in [9.17, 15) is 4.79 Å². The summed E-state index contributed by atoms with van der Waals surface area (Å²) in [4.78, 5) is 19.4. The molecule has 162 valence electrons. The minimum atomic E-state index is -0.216. The topological polar surface area (TPSA) is 86.9 Å². The van der Waals surface area contributed by atoms with Gasteiger partial charge in [0, 0.05) is 12.1 Å². The highest BCUT2D eigenvalue weighted by Crippen LogP contribution is 2.33. The van der Waals surface area contributed by atoms with Gasteiger partial charge in [-0.2, -0.15) is 4.98 Å². The third kappa shape index (κ3) is 4.33. The van der Waals surface area contributed by atoms with Gasteiger partial charge in [-0.3, -0.25) is 4.79 Å². The van der Waals surface area contributed by atoms with Crippen LogP contribution in [0.2, 0.25) is 0 Å². The molecule has 0 N–H and O–H groups in total. The maximum Gasteiger partial charge on any atom is 0.249 e. The maximum absolute atomic E-state index is 13.1. The number of amides is 1. The highest BCUT2D eigenvalue weighted by molar-refractivity contribution is 5.79. The molecule has 2 heterocycles. The molecule has 0 aliphatic carbocycles. The van der Waals surface area contributed by atoms with Gasteiger partial charge in [0.25, 0.3) is 0 Å². The molecular formula is C23H25N3O5. The second kappa shape index (κ2) is 9.07. The second-order valence-electron chi connectivity index (χ2n) is 7.30. The first kappa shape index (κ1) is 20.7. The van der Waals surface area contributed by atoms with E-state index < -0.39 is 0 Å². The molecule has 4 rings (SSSR count). The van der Waals surface area contributed by atoms with Crippen molar-refractivity contribution in [3.8, 4) is 28.6 Å². The van der Waals surface area contributed by atoms with Crippen LogP contribution < -0.4 is 14.2 Å². The van der Waals surface area contributed by atoms with Crippen molar-refractivity contribution in [1.29, 1.82) is 0 Å². The fourth-order valence-corrected chi connectivity index (χ4v) is 3.82. The summed E-state index contributed by atoms with van der Waals surface area (Å²) in [5, 5.41) is 4.11. The van der Waals surface area contributed by atoms with Crippen molar-refractivity contribution in [2.75, 3.05) is 27.9 Å². The van der Waals surface area contributed by atoms with Gasteiger partial charge < -0.3 is 23.6 Å². The molecule has 2 aromatic carbocycles. The van der Waals surface area contributed by atoms with E-state index in [-0.39, 0.29) is 18.4 Å². The molecule has 1 amide bonds. The summed E-state index contributed by atoms with van der Waals surface area (Å²) in [5.74, 6) is 2.97. The van der Waals surface area contributed by atoms with Crippen molar-refractivity contribution >= 4 is 5.91 Å². The highest BCUT2D eigenvalue weighted by Gasteiger charge is 2.34. The predicted octanol–water partition coefficient (Wildman–Crippen LogP) is 3.67. The monoisotopic (exact) mass is 423 g/mol. The number of hydrogen-bond acceptors (Lipinski definition) is 7. The van der Waals surface area contributed by atoms with E-state index in [1.54, 1.807) is 21.3 Å². The molecule has 3 aromatic rings. The van der Waals surface area contributed by atoms with E-state index >= 15 is 0 Å². The molecule has 0 spiro atoms. The van der Waals surface area contributed by atoms with Gasteiger partial charge in [0.1, 0.15) is 11.8 Å². The first-order valence-electron chi connectivity index (χ1n) is 10.1. The standard InChI is InChI=1S/C23H25N3O5/c1-28-17-9-7-16(8-10-17)22-24-23(31-25-22)18-5-4-12-26(18)21(27)14-15-6-11-19(29-2)20(13-15)30-3/h6-11,13,18H,4-5,12,14H2,1-3H3/t18-/m1/s1. The van der Waals surface area contributed by atoms with Crippen molar-refractivity contribution in [2.24, 2.45) is 0 Å². The number of nitrogens with zero attached hydrogens (tertiary/aromatic N) is 3. The zero-order valence-corrected chi connectivity index (χ0v) is 17.8. The Morgan fingerprint density at radius 1 is 1.06 bits per heavy atom. The normalized spacial score (nSPS) is 15.7. The average molecular weight is 423 g/mol. The van der Waals surface area contributed by atoms with Crippen molar-refractivity contribution in [3.05, 3.63) is 53.9 Å². The third-order valence-corrected chi connectivity index (χ3v) is 5.45. The zero-order valence-electron chi connectivity index (χ0n) is 17.8. The lowest BCUT2D eigenvalue weighted by molar-refractivity contribution is -0.131. The van der Waals surface area contributed by atoms with Gasteiger partial charge in [-0.1, -0.05) is 11.2 Å². The number of hydrogen-bond donors (Lipinski definition) is 0. The van der Waals surface area contributed by atoms with Crippen molar-refractivity contribution < 1.29 is 23.5 Å². The number of carbonyl (C=O) groups is 1. The van der Waals surface area contributed by atoms with Crippen LogP contribution in [0.4, 0.5) is 0 Å². The Kier molecular flexibility index (Phi) is 6.06. The van der Waals surface area contributed by atoms with Crippen LogP contribution >= 0.6 is 0 Å². The van der Waals surface area contributed by atoms with Crippen molar-refractivity contribution in [3.63, 3.8) is 0 Å². The second-order valence-corrected chi connectivity index (χ2v) is 7.30. The summed E-state index contributed by atoms with van der Waals surface area (Å²) < 4.78 is 21.3. The van der Waals surface area contributed by atoms with E-state index in [2.05, 4.69) is 10.1 Å². The van der Waals surface area contributed by atoms with Gasteiger partial charge >= 0.3 is 0 Å². The van der Waals surface area contributed by atoms with Gasteiger partial charge in [0.15, 0.2) is 11.5 Å². The largest absolute Gasteiger partial charge is 0.497 e. The van der Waals surface area contributed by atoms with Gasteiger partial charge in [0.2, 0.25) is 17.6 Å². The minimum absolute atomic E-state index is 0.0129. The van der Waals surface area contributed by atoms with E-state index in [0.717, 1.165) is 29.7 Å². The molecule has 1 saturated heterocycles. The number of ether oxygens (including phenoxy) is 3. The Balaban J connectivity index is 1.49. The van der Waals surface area contributed by atoms with Gasteiger partial charge in [0.05, 0.1) is 27.8 Å². The molecule has 0 saturated carbocycles. The van der Waals surface area contributed by atoms with Crippen LogP contribution in [-0.2, 0) is 11.2 Å². The summed E-state index contributed by atoms with van der Waals surface area (Å²) >= 11 is 0. The first-order chi connectivity index (χ1) is 15.1. The molecule has 31 heavy (non-hydrogen) atoms. The molecule has 0 radical (unpaired) electrons. The first-order valence-corrected chi connectivity index (χ1v) is 10.1. The number of rotatable bonds is 7. The Morgan fingerprint density at radius 3 is 2.55 bits per heavy atom. The zero-order chi connectivity index (χ0) is 21.8. The molecule has 8 heteroatoms. The van der Waals surface area contributed by atoms with Crippen LogP contribution in [0.25, 0.3) is 11.4 Å². The predicted molar refractivity (Wildman–Crippen MR) is 113 cm³/mol. The average Bonchev–Trinajstić information content (AvgIpc) is 3.48. The SMILES string of the molecule is COc1ccc(-c2noc([C@H]3CCCN3C(=O)Cc3ccc(OC)c(OC)c3)n2)cc1. The number of benzene rings is 2. The summed E-state index contributed by atoms with van der Waals surface area (Å²) in [5.41, 5.74) is 1.69. The van der Waals surface area contributed by atoms with Gasteiger partial charge in [-0.25, -0.2) is 0 Å². The molecule has 0 unspecified atom stereocenters. The fourth-order valence-electron chi connectivity index (χ4n) is 3.82. The highest BCUT2D eigenvalue weighted by atomic mass is 16.5. The fraction of sp³-hybridized carbons (Fsp3) is 0.348. The number of likely N-dealkylation sites (tertiary alicyclic amines) is 1. The van der Waals surface area contributed by atoms with Crippen LogP contribution in [0, 0.1) is 0 Å². The Hall–Kier alpha value is -3.55. The van der Waals surface area contributed by atoms with Crippen LogP contribution in [0.1, 0.15) is 30.3 Å². The molecule has 1 atom stereocenters. The summed E-state index contributed by atoms with van der Waals surface area (Å²) in [6.07, 6.45) is 1.95. The number of carbonyl (C=O) groups excluding carboxylic acids is 1. The van der Waals surface area contributed by atoms with Gasteiger partial charge in [-0.05, 0) is 54.8 Å². The van der Waals surface area contributed by atoms with Crippen LogP contribution in [0.3, 0.4) is 0 Å². The van der Waals surface area contributed by atoms with Crippen LogP contribution in [0.15, 0.2) is 47.0 Å². The molecule has 8 nitrogen and oxygen atoms in total. The van der Waals surface area contributed by atoms with Gasteiger partial charge in [-0.15, -0.1) is 0 Å². The van der Waals surface area contributed by atoms with E-state index in [4.69, 9.17) is 18.7 Å². The molecule has 1 aliphatic rings. The Bertz CT molecular complexity index is 1050. The van der Waals surface area contributed by atoms with Crippen LogP contribution in [0.5, 0.6) is 17.2 Å². The van der Waals surface area contributed by atoms with Crippen LogP contribution in [-0.4, -0.2) is 48.8 Å². The Labute approximate surface area is 180 Å². The minimum Gasteiger partial charge on any atom is -0.497 e. The number of aromatic nitrogens is 2. The molecule has 0 bridgehead atoms. The van der Waals surface area contributed by atoms with Crippen molar-refractivity contribution in [2.45, 2.75) is 25.3 Å². The summed E-state index contributed by atoms with van der Waals surface area (Å²) in [6.45, 7) is 0.664. The summed E-state index contributed by atoms with van der Waals surface area (Å²) in [7, 11) is 4.78. The van der Waals surface area contributed by atoms with E-state index in [1.165, 1.54) is 0 Å². The van der Waals surface area contributed by atoms with Crippen molar-refractivity contribution in [1.82, 2.24) is 15.0 Å².